The molecule has 0 bridgehead atoms. The van der Waals surface area contributed by atoms with Gasteiger partial charge in [0.25, 0.3) is 5.91 Å². The molecule has 1 amide bonds. The first kappa shape index (κ1) is 12.2. The Morgan fingerprint density at radius 2 is 1.95 bits per heavy atom. The predicted octanol–water partition coefficient (Wildman–Crippen LogP) is 3.15. The molecule has 0 aromatic heterocycles. The summed E-state index contributed by atoms with van der Waals surface area (Å²) in [7, 11) is 0. The summed E-state index contributed by atoms with van der Waals surface area (Å²) in [5, 5.41) is 0. The van der Waals surface area contributed by atoms with E-state index in [0.29, 0.717) is 0 Å². The fourth-order valence-electron chi connectivity index (χ4n) is 2.62. The van der Waals surface area contributed by atoms with E-state index in [0.717, 1.165) is 42.9 Å². The maximum Gasteiger partial charge on any atom is 0.295 e. The van der Waals surface area contributed by atoms with E-state index >= 15 is 0 Å². The molecule has 2 aliphatic heterocycles. The predicted molar refractivity (Wildman–Crippen MR) is 76.8 cm³/mol. The number of nitrogens with zero attached hydrogens (tertiary/aromatic N) is 2. The van der Waals surface area contributed by atoms with Gasteiger partial charge in [0.15, 0.2) is 0 Å². The van der Waals surface area contributed by atoms with Crippen molar-refractivity contribution in [2.45, 2.75) is 32.6 Å². The lowest BCUT2D eigenvalue weighted by Crippen LogP contribution is -2.26. The van der Waals surface area contributed by atoms with Crippen LogP contribution in [0.25, 0.3) is 6.08 Å². The second-order valence-corrected chi connectivity index (χ2v) is 5.24. The molecule has 0 atom stereocenters. The third-order valence-corrected chi connectivity index (χ3v) is 3.71. The van der Waals surface area contributed by atoms with Gasteiger partial charge in [0.05, 0.1) is 0 Å². The van der Waals surface area contributed by atoms with Gasteiger partial charge in [-0.2, -0.15) is 4.99 Å². The Bertz CT molecular complexity index is 555. The monoisotopic (exact) mass is 254 g/mol. The summed E-state index contributed by atoms with van der Waals surface area (Å²) in [6.45, 7) is 2.98. The summed E-state index contributed by atoms with van der Waals surface area (Å²) in [6, 6.07) is 8.23. The molecular formula is C16H18N2O. The number of hydrogen-bond acceptors (Lipinski definition) is 2. The van der Waals surface area contributed by atoms with Gasteiger partial charge < -0.3 is 4.90 Å². The van der Waals surface area contributed by atoms with Gasteiger partial charge in [0, 0.05) is 13.0 Å². The molecule has 0 N–H and O–H groups in total. The maximum atomic E-state index is 12.0. The minimum atomic E-state index is -0.0857. The molecular weight excluding hydrogens is 236 g/mol. The highest BCUT2D eigenvalue weighted by molar-refractivity contribution is 6.13. The van der Waals surface area contributed by atoms with Gasteiger partial charge in [0.1, 0.15) is 11.5 Å². The van der Waals surface area contributed by atoms with Gasteiger partial charge in [0.2, 0.25) is 0 Å². The van der Waals surface area contributed by atoms with E-state index in [1.807, 2.05) is 18.2 Å². The quantitative estimate of drug-likeness (QED) is 0.721. The Hall–Kier alpha value is -1.90. The van der Waals surface area contributed by atoms with E-state index in [1.54, 1.807) is 0 Å². The lowest BCUT2D eigenvalue weighted by molar-refractivity contribution is -0.114. The van der Waals surface area contributed by atoms with Crippen LogP contribution in [0.4, 0.5) is 0 Å². The molecule has 2 heterocycles. The largest absolute Gasteiger partial charge is 0.325 e. The molecule has 0 saturated carbocycles. The molecule has 0 spiro atoms. The molecule has 0 unspecified atom stereocenters. The zero-order chi connectivity index (χ0) is 13.2. The number of hydrogen-bond donors (Lipinski definition) is 0. The van der Waals surface area contributed by atoms with Crippen molar-refractivity contribution in [2.75, 3.05) is 6.54 Å². The molecule has 2 aliphatic rings. The summed E-state index contributed by atoms with van der Waals surface area (Å²) >= 11 is 0. The fraction of sp³-hybridized carbons (Fsp3) is 0.375. The minimum Gasteiger partial charge on any atom is -0.325 e. The average molecular weight is 254 g/mol. The minimum absolute atomic E-state index is 0.0857. The van der Waals surface area contributed by atoms with Crippen molar-refractivity contribution in [2.24, 2.45) is 4.99 Å². The van der Waals surface area contributed by atoms with Crippen molar-refractivity contribution < 1.29 is 4.79 Å². The van der Waals surface area contributed by atoms with Gasteiger partial charge in [-0.15, -0.1) is 0 Å². The first-order valence-electron chi connectivity index (χ1n) is 6.92. The highest BCUT2D eigenvalue weighted by atomic mass is 16.2. The molecule has 0 radical (unpaired) electrons. The van der Waals surface area contributed by atoms with Crippen LogP contribution in [0, 0.1) is 6.92 Å². The van der Waals surface area contributed by atoms with Crippen molar-refractivity contribution >= 4 is 17.8 Å². The molecule has 1 aromatic rings. The first-order valence-corrected chi connectivity index (χ1v) is 6.92. The van der Waals surface area contributed by atoms with Crippen LogP contribution in [0.3, 0.4) is 0 Å². The van der Waals surface area contributed by atoms with Gasteiger partial charge in [-0.05, 0) is 31.4 Å². The number of benzene rings is 1. The number of fused-ring (bicyclic) bond motifs is 1. The van der Waals surface area contributed by atoms with Crippen LogP contribution in [-0.2, 0) is 4.79 Å². The fourth-order valence-corrected chi connectivity index (χ4v) is 2.62. The van der Waals surface area contributed by atoms with Crippen LogP contribution in [0.15, 0.2) is 35.0 Å². The van der Waals surface area contributed by atoms with Crippen LogP contribution in [-0.4, -0.2) is 23.2 Å². The highest BCUT2D eigenvalue weighted by Crippen LogP contribution is 2.25. The lowest BCUT2D eigenvalue weighted by Gasteiger charge is -2.18. The van der Waals surface area contributed by atoms with Crippen molar-refractivity contribution in [1.82, 2.24) is 4.90 Å². The highest BCUT2D eigenvalue weighted by Gasteiger charge is 2.29. The molecule has 1 saturated heterocycles. The van der Waals surface area contributed by atoms with E-state index < -0.39 is 0 Å². The molecule has 98 valence electrons. The zero-order valence-electron chi connectivity index (χ0n) is 11.2. The smallest absolute Gasteiger partial charge is 0.295 e. The Morgan fingerprint density at radius 3 is 2.74 bits per heavy atom. The van der Waals surface area contributed by atoms with Crippen molar-refractivity contribution in [1.29, 1.82) is 0 Å². The number of rotatable bonds is 1. The van der Waals surface area contributed by atoms with Crippen LogP contribution in [0.1, 0.15) is 36.8 Å². The van der Waals surface area contributed by atoms with E-state index in [1.165, 1.54) is 12.0 Å². The number of amidine groups is 1. The third kappa shape index (κ3) is 2.46. The van der Waals surface area contributed by atoms with Crippen molar-refractivity contribution in [3.8, 4) is 0 Å². The third-order valence-electron chi connectivity index (χ3n) is 3.71. The molecule has 3 rings (SSSR count). The summed E-state index contributed by atoms with van der Waals surface area (Å²) in [6.07, 6.45) is 6.39. The normalized spacial score (nSPS) is 21.3. The molecule has 3 nitrogen and oxygen atoms in total. The number of carbonyl (C=O) groups is 1. The second kappa shape index (κ2) is 5.00. The summed E-state index contributed by atoms with van der Waals surface area (Å²) in [4.78, 5) is 18.3. The Labute approximate surface area is 113 Å². The molecule has 3 heteroatoms. The Kier molecular flexibility index (Phi) is 3.20. The van der Waals surface area contributed by atoms with Crippen molar-refractivity contribution in [3.05, 3.63) is 41.1 Å². The zero-order valence-corrected chi connectivity index (χ0v) is 11.2. The number of aryl methyl sites for hydroxylation is 1. The SMILES string of the molecule is Cc1ccc(C=C2C(=O)N=C3CCCCCN23)cc1. The van der Waals surface area contributed by atoms with Gasteiger partial charge in [-0.3, -0.25) is 4.79 Å². The molecule has 0 aliphatic carbocycles. The lowest BCUT2D eigenvalue weighted by atomic mass is 10.1. The van der Waals surface area contributed by atoms with Crippen LogP contribution >= 0.6 is 0 Å². The van der Waals surface area contributed by atoms with Gasteiger partial charge in [-0.1, -0.05) is 36.2 Å². The van der Waals surface area contributed by atoms with Gasteiger partial charge in [-0.25, -0.2) is 0 Å². The van der Waals surface area contributed by atoms with E-state index in [4.69, 9.17) is 0 Å². The Morgan fingerprint density at radius 1 is 1.16 bits per heavy atom. The summed E-state index contributed by atoms with van der Waals surface area (Å²) in [5.41, 5.74) is 3.03. The maximum absolute atomic E-state index is 12.0. The van der Waals surface area contributed by atoms with Crippen molar-refractivity contribution in [3.63, 3.8) is 0 Å². The summed E-state index contributed by atoms with van der Waals surface area (Å²) in [5.74, 6) is 0.873. The second-order valence-electron chi connectivity index (χ2n) is 5.24. The molecule has 1 aromatic carbocycles. The van der Waals surface area contributed by atoms with E-state index in [9.17, 15) is 4.79 Å². The van der Waals surface area contributed by atoms with E-state index in [2.05, 4.69) is 28.9 Å². The summed E-state index contributed by atoms with van der Waals surface area (Å²) < 4.78 is 0. The standard InChI is InChI=1S/C16H18N2O/c1-12-6-8-13(9-7-12)11-14-16(19)17-15-5-3-2-4-10-18(14)15/h6-9,11H,2-5,10H2,1H3. The molecule has 1 fully saturated rings. The average Bonchev–Trinajstić information content (AvgIpc) is 2.58. The Balaban J connectivity index is 1.91. The number of amides is 1. The number of carbonyl (C=O) groups excluding carboxylic acids is 1. The van der Waals surface area contributed by atoms with E-state index in [-0.39, 0.29) is 5.91 Å². The van der Waals surface area contributed by atoms with Gasteiger partial charge >= 0.3 is 0 Å². The topological polar surface area (TPSA) is 32.7 Å². The van der Waals surface area contributed by atoms with Crippen LogP contribution < -0.4 is 0 Å². The van der Waals surface area contributed by atoms with Crippen LogP contribution in [0.2, 0.25) is 0 Å². The number of aliphatic imine (C=N–C) groups is 1. The first-order chi connectivity index (χ1) is 9.24. The molecule has 19 heavy (non-hydrogen) atoms. The van der Waals surface area contributed by atoms with Crippen LogP contribution in [0.5, 0.6) is 0 Å².